The van der Waals surface area contributed by atoms with Gasteiger partial charge in [0.25, 0.3) is 11.8 Å². The summed E-state index contributed by atoms with van der Waals surface area (Å²) in [6.45, 7) is 5.54. The molecule has 0 saturated heterocycles. The number of anilines is 1. The fraction of sp³-hybridized carbons (Fsp3) is 0.250. The summed E-state index contributed by atoms with van der Waals surface area (Å²) in [5.41, 5.74) is 1.97. The molecule has 0 aliphatic carbocycles. The molecule has 0 aliphatic rings. The first-order valence-corrected chi connectivity index (χ1v) is 8.55. The summed E-state index contributed by atoms with van der Waals surface area (Å²) in [6.07, 6.45) is 0. The Morgan fingerprint density at radius 3 is 2.59 bits per heavy atom. The molecule has 140 valence electrons. The number of nitrogens with zero attached hydrogens (tertiary/aromatic N) is 2. The van der Waals surface area contributed by atoms with Crippen LogP contribution in [0.4, 0.5) is 10.1 Å². The summed E-state index contributed by atoms with van der Waals surface area (Å²) < 4.78 is 23.8. The number of ether oxygens (including phenoxy) is 1. The lowest BCUT2D eigenvalue weighted by atomic mass is 10.2. The maximum absolute atomic E-state index is 13.1. The third-order valence-corrected chi connectivity index (χ3v) is 3.89. The van der Waals surface area contributed by atoms with Gasteiger partial charge in [0.1, 0.15) is 11.6 Å². The van der Waals surface area contributed by atoms with Crippen LogP contribution >= 0.6 is 0 Å². The van der Waals surface area contributed by atoms with E-state index in [1.165, 1.54) is 18.2 Å². The van der Waals surface area contributed by atoms with E-state index in [1.807, 2.05) is 13.8 Å². The fourth-order valence-corrected chi connectivity index (χ4v) is 2.38. The first-order valence-electron chi connectivity index (χ1n) is 8.55. The minimum Gasteiger partial charge on any atom is -0.484 e. The third kappa shape index (κ3) is 4.69. The van der Waals surface area contributed by atoms with Crippen molar-refractivity contribution in [2.24, 2.45) is 0 Å². The fourth-order valence-electron chi connectivity index (χ4n) is 2.38. The Morgan fingerprint density at radius 2 is 1.96 bits per heavy atom. The van der Waals surface area contributed by atoms with Gasteiger partial charge in [-0.2, -0.15) is 4.98 Å². The van der Waals surface area contributed by atoms with Crippen LogP contribution in [0.3, 0.4) is 0 Å². The molecular formula is C20H20FN3O3. The Balaban J connectivity index is 1.57. The summed E-state index contributed by atoms with van der Waals surface area (Å²) in [7, 11) is 0. The number of rotatable bonds is 6. The molecule has 7 heteroatoms. The quantitative estimate of drug-likeness (QED) is 0.700. The lowest BCUT2D eigenvalue weighted by Gasteiger charge is -2.09. The molecule has 0 radical (unpaired) electrons. The number of nitrogens with one attached hydrogen (secondary N) is 1. The largest absolute Gasteiger partial charge is 0.484 e. The second kappa shape index (κ2) is 7.99. The van der Waals surface area contributed by atoms with E-state index in [2.05, 4.69) is 15.5 Å². The highest BCUT2D eigenvalue weighted by Crippen LogP contribution is 2.23. The molecule has 0 unspecified atom stereocenters. The molecule has 1 aromatic heterocycles. The number of aryl methyl sites for hydroxylation is 1. The average Bonchev–Trinajstić information content (AvgIpc) is 3.13. The normalized spacial score (nSPS) is 10.9. The number of hydrogen-bond donors (Lipinski definition) is 1. The molecule has 3 aromatic rings. The van der Waals surface area contributed by atoms with Crippen LogP contribution < -0.4 is 10.1 Å². The lowest BCUT2D eigenvalue weighted by Crippen LogP contribution is -2.20. The van der Waals surface area contributed by atoms with Crippen molar-refractivity contribution in [3.63, 3.8) is 0 Å². The lowest BCUT2D eigenvalue weighted by molar-refractivity contribution is -0.118. The Hall–Kier alpha value is -3.22. The van der Waals surface area contributed by atoms with Gasteiger partial charge in [-0.3, -0.25) is 4.79 Å². The third-order valence-electron chi connectivity index (χ3n) is 3.89. The van der Waals surface area contributed by atoms with E-state index < -0.39 is 0 Å². The predicted octanol–water partition coefficient (Wildman–Crippen LogP) is 4.33. The van der Waals surface area contributed by atoms with Crippen molar-refractivity contribution in [3.05, 3.63) is 59.7 Å². The van der Waals surface area contributed by atoms with Crippen molar-refractivity contribution < 1.29 is 18.4 Å². The smallest absolute Gasteiger partial charge is 0.262 e. The minimum atomic E-state index is -0.344. The molecule has 0 atom stereocenters. The number of hydrogen-bond acceptors (Lipinski definition) is 5. The Morgan fingerprint density at radius 1 is 1.22 bits per heavy atom. The number of amides is 1. The first kappa shape index (κ1) is 18.6. The zero-order valence-corrected chi connectivity index (χ0v) is 15.3. The monoisotopic (exact) mass is 369 g/mol. The molecule has 0 aliphatic heterocycles. The molecule has 0 fully saturated rings. The number of carbonyl (C=O) groups is 1. The van der Waals surface area contributed by atoms with Crippen LogP contribution in [-0.4, -0.2) is 22.7 Å². The van der Waals surface area contributed by atoms with Gasteiger partial charge in [-0.25, -0.2) is 4.39 Å². The van der Waals surface area contributed by atoms with E-state index in [0.29, 0.717) is 28.7 Å². The number of aromatic nitrogens is 2. The molecule has 3 rings (SSSR count). The summed E-state index contributed by atoms with van der Waals surface area (Å²) in [6, 6.07) is 11.2. The topological polar surface area (TPSA) is 77.2 Å². The Kier molecular flexibility index (Phi) is 5.49. The molecule has 2 aromatic carbocycles. The van der Waals surface area contributed by atoms with Crippen molar-refractivity contribution in [1.29, 1.82) is 0 Å². The van der Waals surface area contributed by atoms with Gasteiger partial charge in [0.15, 0.2) is 12.4 Å². The van der Waals surface area contributed by atoms with E-state index in [0.717, 1.165) is 5.56 Å². The Labute approximate surface area is 156 Å². The standard InChI is InChI=1S/C20H20FN3O3/c1-12(2)19-23-20(27-24-19)14-4-7-16(8-5-14)26-11-18(25)22-17-9-6-15(21)10-13(17)3/h4-10,12H,11H2,1-3H3,(H,22,25). The van der Waals surface area contributed by atoms with Gasteiger partial charge in [-0.15, -0.1) is 0 Å². The second-order valence-electron chi connectivity index (χ2n) is 6.43. The van der Waals surface area contributed by atoms with E-state index in [1.54, 1.807) is 31.2 Å². The maximum Gasteiger partial charge on any atom is 0.262 e. The number of benzene rings is 2. The molecule has 6 nitrogen and oxygen atoms in total. The summed E-state index contributed by atoms with van der Waals surface area (Å²) in [5.74, 6) is 1.14. The highest BCUT2D eigenvalue weighted by atomic mass is 19.1. The van der Waals surface area contributed by atoms with Gasteiger partial charge in [0, 0.05) is 17.2 Å². The van der Waals surface area contributed by atoms with Crippen LogP contribution in [0.1, 0.15) is 31.2 Å². The zero-order chi connectivity index (χ0) is 19.4. The molecule has 0 bridgehead atoms. The highest BCUT2D eigenvalue weighted by molar-refractivity contribution is 5.92. The Bertz CT molecular complexity index is 936. The van der Waals surface area contributed by atoms with Crippen LogP contribution in [0.15, 0.2) is 47.0 Å². The minimum absolute atomic E-state index is 0.159. The van der Waals surface area contributed by atoms with Crippen molar-refractivity contribution in [2.75, 3.05) is 11.9 Å². The number of carbonyl (C=O) groups excluding carboxylic acids is 1. The van der Waals surface area contributed by atoms with Crippen LogP contribution in [0.25, 0.3) is 11.5 Å². The van der Waals surface area contributed by atoms with E-state index in [-0.39, 0.29) is 24.2 Å². The predicted molar refractivity (Wildman–Crippen MR) is 99.1 cm³/mol. The molecule has 0 spiro atoms. The SMILES string of the molecule is Cc1cc(F)ccc1NC(=O)COc1ccc(-c2nc(C(C)C)no2)cc1. The summed E-state index contributed by atoms with van der Waals surface area (Å²) >= 11 is 0. The second-order valence-corrected chi connectivity index (χ2v) is 6.43. The van der Waals surface area contributed by atoms with Crippen molar-refractivity contribution in [2.45, 2.75) is 26.7 Å². The summed E-state index contributed by atoms with van der Waals surface area (Å²) in [5, 5.41) is 6.63. The van der Waals surface area contributed by atoms with Crippen LogP contribution in [0, 0.1) is 12.7 Å². The van der Waals surface area contributed by atoms with Crippen LogP contribution in [-0.2, 0) is 4.79 Å². The van der Waals surface area contributed by atoms with Crippen LogP contribution in [0.5, 0.6) is 5.75 Å². The highest BCUT2D eigenvalue weighted by Gasteiger charge is 2.12. The van der Waals surface area contributed by atoms with Crippen molar-refractivity contribution in [1.82, 2.24) is 10.1 Å². The molecular weight excluding hydrogens is 349 g/mol. The van der Waals surface area contributed by atoms with Gasteiger partial charge >= 0.3 is 0 Å². The maximum atomic E-state index is 13.1. The molecule has 27 heavy (non-hydrogen) atoms. The van der Waals surface area contributed by atoms with Crippen molar-refractivity contribution in [3.8, 4) is 17.2 Å². The van der Waals surface area contributed by atoms with E-state index in [9.17, 15) is 9.18 Å². The van der Waals surface area contributed by atoms with E-state index in [4.69, 9.17) is 9.26 Å². The van der Waals surface area contributed by atoms with Gasteiger partial charge in [-0.05, 0) is 55.0 Å². The van der Waals surface area contributed by atoms with Crippen molar-refractivity contribution >= 4 is 11.6 Å². The average molecular weight is 369 g/mol. The van der Waals surface area contributed by atoms with Gasteiger partial charge in [0.2, 0.25) is 0 Å². The first-order chi connectivity index (χ1) is 12.9. The summed E-state index contributed by atoms with van der Waals surface area (Å²) in [4.78, 5) is 16.4. The number of halogens is 1. The van der Waals surface area contributed by atoms with Gasteiger partial charge in [-0.1, -0.05) is 19.0 Å². The van der Waals surface area contributed by atoms with Gasteiger partial charge in [0.05, 0.1) is 0 Å². The molecule has 1 heterocycles. The van der Waals surface area contributed by atoms with Crippen LogP contribution in [0.2, 0.25) is 0 Å². The molecule has 1 N–H and O–H groups in total. The molecule has 1 amide bonds. The zero-order valence-electron chi connectivity index (χ0n) is 15.3. The molecule has 0 saturated carbocycles. The van der Waals surface area contributed by atoms with Gasteiger partial charge < -0.3 is 14.6 Å². The van der Waals surface area contributed by atoms with E-state index >= 15 is 0 Å².